The van der Waals surface area contributed by atoms with E-state index in [9.17, 15) is 4.79 Å². The molecule has 2 saturated heterocycles. The molecule has 7 heteroatoms. The molecule has 2 aliphatic heterocycles. The second-order valence-corrected chi connectivity index (χ2v) is 5.13. The fourth-order valence-corrected chi connectivity index (χ4v) is 2.55. The van der Waals surface area contributed by atoms with Gasteiger partial charge < -0.3 is 20.3 Å². The van der Waals surface area contributed by atoms with Crippen LogP contribution in [-0.2, 0) is 9.53 Å². The van der Waals surface area contributed by atoms with E-state index >= 15 is 0 Å². The van der Waals surface area contributed by atoms with Gasteiger partial charge in [0, 0.05) is 13.1 Å². The summed E-state index contributed by atoms with van der Waals surface area (Å²) < 4.78 is 5.27. The molecule has 1 atom stereocenters. The lowest BCUT2D eigenvalue weighted by Gasteiger charge is -2.26. The highest BCUT2D eigenvalue weighted by atomic mass is 35.5. The fraction of sp³-hybridized carbons (Fsp3) is 0.923. The molecule has 0 aromatic carbocycles. The van der Waals surface area contributed by atoms with Crippen molar-refractivity contribution in [1.29, 1.82) is 0 Å². The molecule has 0 radical (unpaired) electrons. The Morgan fingerprint density at radius 3 is 2.65 bits per heavy atom. The molecule has 2 N–H and O–H groups in total. The van der Waals surface area contributed by atoms with E-state index in [1.807, 2.05) is 0 Å². The summed E-state index contributed by atoms with van der Waals surface area (Å²) in [5, 5.41) is 6.15. The zero-order chi connectivity index (χ0) is 12.6. The molecule has 2 heterocycles. The molecule has 0 spiro atoms. The first kappa shape index (κ1) is 19.9. The average molecular weight is 328 g/mol. The van der Waals surface area contributed by atoms with Crippen LogP contribution in [0.4, 0.5) is 0 Å². The Bertz CT molecular complexity index is 258. The Balaban J connectivity index is 0.00000180. The van der Waals surface area contributed by atoms with Crippen LogP contribution in [0.2, 0.25) is 0 Å². The number of hydrogen-bond donors (Lipinski definition) is 2. The van der Waals surface area contributed by atoms with E-state index in [-0.39, 0.29) is 36.8 Å². The van der Waals surface area contributed by atoms with Gasteiger partial charge in [0.2, 0.25) is 5.91 Å². The minimum absolute atomic E-state index is 0. The Kier molecular flexibility index (Phi) is 11.5. The molecule has 5 nitrogen and oxygen atoms in total. The molecule has 20 heavy (non-hydrogen) atoms. The van der Waals surface area contributed by atoms with E-state index < -0.39 is 0 Å². The molecule has 0 aromatic rings. The number of carbonyl (C=O) groups is 1. The van der Waals surface area contributed by atoms with Crippen LogP contribution in [0, 0.1) is 0 Å². The molecule has 120 valence electrons. The summed E-state index contributed by atoms with van der Waals surface area (Å²) in [5.74, 6) is 0.0772. The van der Waals surface area contributed by atoms with Crippen LogP contribution < -0.4 is 10.6 Å². The van der Waals surface area contributed by atoms with Crippen molar-refractivity contribution in [3.8, 4) is 0 Å². The maximum absolute atomic E-state index is 11.8. The zero-order valence-electron chi connectivity index (χ0n) is 11.9. The quantitative estimate of drug-likeness (QED) is 0.734. The highest BCUT2D eigenvalue weighted by Gasteiger charge is 2.20. The Morgan fingerprint density at radius 2 is 2.00 bits per heavy atom. The van der Waals surface area contributed by atoms with E-state index in [0.717, 1.165) is 26.1 Å². The van der Waals surface area contributed by atoms with E-state index in [4.69, 9.17) is 4.74 Å². The third-order valence-electron chi connectivity index (χ3n) is 3.64. The third kappa shape index (κ3) is 7.09. The molecular weight excluding hydrogens is 301 g/mol. The van der Waals surface area contributed by atoms with Gasteiger partial charge in [0.1, 0.15) is 6.04 Å². The van der Waals surface area contributed by atoms with Crippen LogP contribution in [0.3, 0.4) is 0 Å². The van der Waals surface area contributed by atoms with Gasteiger partial charge in [-0.3, -0.25) is 4.79 Å². The first-order valence-electron chi connectivity index (χ1n) is 7.17. The van der Waals surface area contributed by atoms with Gasteiger partial charge in [-0.05, 0) is 38.9 Å². The number of carbonyl (C=O) groups excluding carboxylic acids is 1. The Labute approximate surface area is 134 Å². The number of rotatable bonds is 5. The van der Waals surface area contributed by atoms with Crippen molar-refractivity contribution in [2.24, 2.45) is 0 Å². The van der Waals surface area contributed by atoms with E-state index in [0.29, 0.717) is 13.2 Å². The molecule has 0 bridgehead atoms. The van der Waals surface area contributed by atoms with Crippen LogP contribution in [0.5, 0.6) is 0 Å². The summed E-state index contributed by atoms with van der Waals surface area (Å²) in [5.41, 5.74) is 0. The highest BCUT2D eigenvalue weighted by molar-refractivity contribution is 5.85. The van der Waals surface area contributed by atoms with Crippen LogP contribution in [0.25, 0.3) is 0 Å². The number of hydrogen-bond acceptors (Lipinski definition) is 4. The largest absolute Gasteiger partial charge is 0.378 e. The van der Waals surface area contributed by atoms with Crippen LogP contribution in [0.15, 0.2) is 0 Å². The number of amides is 1. The minimum Gasteiger partial charge on any atom is -0.378 e. The maximum atomic E-state index is 11.8. The van der Waals surface area contributed by atoms with Gasteiger partial charge >= 0.3 is 0 Å². The summed E-state index contributed by atoms with van der Waals surface area (Å²) >= 11 is 0. The fourth-order valence-electron chi connectivity index (χ4n) is 2.55. The first-order valence-corrected chi connectivity index (χ1v) is 7.17. The van der Waals surface area contributed by atoms with Crippen molar-refractivity contribution < 1.29 is 9.53 Å². The molecular formula is C13H27Cl2N3O2. The molecule has 0 aliphatic carbocycles. The first-order chi connectivity index (χ1) is 8.86. The average Bonchev–Trinajstić information content (AvgIpc) is 2.45. The summed E-state index contributed by atoms with van der Waals surface area (Å²) in [6.45, 7) is 6.31. The number of likely N-dealkylation sites (tertiary alicyclic amines) is 1. The van der Waals surface area contributed by atoms with Gasteiger partial charge in [-0.1, -0.05) is 6.42 Å². The second-order valence-electron chi connectivity index (χ2n) is 5.13. The van der Waals surface area contributed by atoms with E-state index in [1.165, 1.54) is 32.4 Å². The van der Waals surface area contributed by atoms with Crippen LogP contribution >= 0.6 is 24.8 Å². The lowest BCUT2D eigenvalue weighted by molar-refractivity contribution is -0.125. The molecule has 0 aromatic heterocycles. The third-order valence-corrected chi connectivity index (χ3v) is 3.64. The van der Waals surface area contributed by atoms with Crippen molar-refractivity contribution in [3.63, 3.8) is 0 Å². The second kappa shape index (κ2) is 11.6. The van der Waals surface area contributed by atoms with Gasteiger partial charge in [-0.25, -0.2) is 0 Å². The summed E-state index contributed by atoms with van der Waals surface area (Å²) in [6.07, 6.45) is 5.07. The predicted molar refractivity (Wildman–Crippen MR) is 85.0 cm³/mol. The lowest BCUT2D eigenvalue weighted by atomic mass is 10.1. The number of nitrogens with one attached hydrogen (secondary N) is 2. The minimum atomic E-state index is -0.159. The number of halogens is 2. The van der Waals surface area contributed by atoms with E-state index in [2.05, 4.69) is 15.5 Å². The smallest absolute Gasteiger partial charge is 0.239 e. The van der Waals surface area contributed by atoms with Gasteiger partial charge in [0.25, 0.3) is 0 Å². The Hall–Kier alpha value is -0.0700. The van der Waals surface area contributed by atoms with Crippen molar-refractivity contribution >= 4 is 30.7 Å². The standard InChI is InChI=1S/C13H25N3O2.2ClH/c17-13(12-11-18-10-6-14-12)15-5-4-9-16-7-2-1-3-8-16;;/h12,14H,1-11H2,(H,15,17);2*1H. The monoisotopic (exact) mass is 327 g/mol. The number of piperidine rings is 1. The zero-order valence-corrected chi connectivity index (χ0v) is 13.6. The van der Waals surface area contributed by atoms with Crippen molar-refractivity contribution in [3.05, 3.63) is 0 Å². The molecule has 2 aliphatic rings. The highest BCUT2D eigenvalue weighted by Crippen LogP contribution is 2.08. The molecule has 2 rings (SSSR count). The lowest BCUT2D eigenvalue weighted by Crippen LogP contribution is -2.51. The van der Waals surface area contributed by atoms with Crippen molar-refractivity contribution in [2.45, 2.75) is 31.7 Å². The Morgan fingerprint density at radius 1 is 1.25 bits per heavy atom. The number of nitrogens with zero attached hydrogens (tertiary/aromatic N) is 1. The van der Waals surface area contributed by atoms with E-state index in [1.54, 1.807) is 0 Å². The SMILES string of the molecule is Cl.Cl.O=C(NCCCN1CCCCC1)C1COCCN1. The molecule has 2 fully saturated rings. The van der Waals surface area contributed by atoms with Crippen molar-refractivity contribution in [2.75, 3.05) is 45.9 Å². The van der Waals surface area contributed by atoms with Gasteiger partial charge in [-0.2, -0.15) is 0 Å². The molecule has 1 unspecified atom stereocenters. The van der Waals surface area contributed by atoms with Crippen LogP contribution in [-0.4, -0.2) is 62.8 Å². The topological polar surface area (TPSA) is 53.6 Å². The van der Waals surface area contributed by atoms with Crippen molar-refractivity contribution in [1.82, 2.24) is 15.5 Å². The number of morpholine rings is 1. The summed E-state index contributed by atoms with van der Waals surface area (Å²) in [6, 6.07) is -0.159. The van der Waals surface area contributed by atoms with Gasteiger partial charge in [-0.15, -0.1) is 24.8 Å². The van der Waals surface area contributed by atoms with Gasteiger partial charge in [0.15, 0.2) is 0 Å². The number of ether oxygens (including phenoxy) is 1. The predicted octanol–water partition coefficient (Wildman–Crippen LogP) is 0.811. The summed E-state index contributed by atoms with van der Waals surface area (Å²) in [4.78, 5) is 14.3. The molecule has 0 saturated carbocycles. The normalized spacial score (nSPS) is 23.3. The maximum Gasteiger partial charge on any atom is 0.239 e. The summed E-state index contributed by atoms with van der Waals surface area (Å²) in [7, 11) is 0. The van der Waals surface area contributed by atoms with Gasteiger partial charge in [0.05, 0.1) is 13.2 Å². The van der Waals surface area contributed by atoms with Crippen LogP contribution in [0.1, 0.15) is 25.7 Å². The molecule has 1 amide bonds.